The van der Waals surface area contributed by atoms with Crippen molar-refractivity contribution in [3.8, 4) is 44.9 Å². The summed E-state index contributed by atoms with van der Waals surface area (Å²) >= 11 is 0. The number of alkyl halides is 6. The monoisotopic (exact) mass is 1080 g/mol. The molecule has 0 saturated heterocycles. The molecule has 79 heavy (non-hydrogen) atoms. The van der Waals surface area contributed by atoms with Gasteiger partial charge in [-0.2, -0.15) is 26.3 Å². The van der Waals surface area contributed by atoms with Gasteiger partial charge in [-0.1, -0.05) is 137 Å². The van der Waals surface area contributed by atoms with E-state index in [2.05, 4.69) is 36.5 Å². The number of anilines is 1. The first-order valence-corrected chi connectivity index (χ1v) is 26.8. The molecule has 2 aliphatic rings. The van der Waals surface area contributed by atoms with E-state index >= 15 is 18.3 Å². The number of unbranched alkanes of at least 4 members (excludes halogenated alkanes) is 2. The van der Waals surface area contributed by atoms with E-state index in [-0.39, 0.29) is 50.7 Å². The lowest BCUT2D eigenvalue weighted by Gasteiger charge is -2.30. The maximum absolute atomic E-state index is 15.2. The molecule has 8 aromatic carbocycles. The van der Waals surface area contributed by atoms with Gasteiger partial charge in [0.25, 0.3) is 5.91 Å². The summed E-state index contributed by atoms with van der Waals surface area (Å²) in [6.45, 7) is 5.15. The van der Waals surface area contributed by atoms with Crippen LogP contribution in [0.5, 0.6) is 11.5 Å². The van der Waals surface area contributed by atoms with E-state index in [4.69, 9.17) is 4.74 Å². The standard InChI is InChI=1S/C67H59F8NO3/c1-5-6-7-8-39-9-11-40(12-10-39)41-13-15-42(16-14-41)43-17-19-47(20-18-43)64(78)76-51-31-25-46(26-32-51)54-37-55-56(38-59(54)79-4)63(77)53(34-33-52(44-21-27-49(68)28-22-44)45-23-29-50(69)30-24-45)62-60(55)57-35-48(66(70,71)72)36-58(67(73,74)75)61(57)65(62,2)3/h13-40,52,77H,5-12H2,1-4H3,(H,76,78)/p-1/b34-33-. The molecule has 0 bridgehead atoms. The topological polar surface area (TPSA) is 61.4 Å². The first-order valence-electron chi connectivity index (χ1n) is 26.8. The molecule has 8 aromatic rings. The smallest absolute Gasteiger partial charge is 0.416 e. The molecule has 12 heteroatoms. The third-order valence-corrected chi connectivity index (χ3v) is 16.2. The van der Waals surface area contributed by atoms with Gasteiger partial charge in [-0.15, -0.1) is 0 Å². The Balaban J connectivity index is 0.984. The number of carbonyl (C=O) groups excluding carboxylic acids is 1. The predicted molar refractivity (Wildman–Crippen MR) is 295 cm³/mol. The zero-order valence-electron chi connectivity index (χ0n) is 44.1. The molecule has 0 atom stereocenters. The average molecular weight is 1080 g/mol. The number of halogens is 8. The number of hydrogen-bond acceptors (Lipinski definition) is 3. The quantitative estimate of drug-likeness (QED) is 0.0872. The highest BCUT2D eigenvalue weighted by atomic mass is 19.4. The molecule has 0 aliphatic heterocycles. The number of allylic oxidation sites excluding steroid dienone is 1. The lowest BCUT2D eigenvalue weighted by Crippen LogP contribution is -2.23. The van der Waals surface area contributed by atoms with Crippen molar-refractivity contribution in [1.29, 1.82) is 0 Å². The Hall–Kier alpha value is -7.73. The highest BCUT2D eigenvalue weighted by Gasteiger charge is 2.48. The van der Waals surface area contributed by atoms with Gasteiger partial charge in [0, 0.05) is 28.1 Å². The summed E-state index contributed by atoms with van der Waals surface area (Å²) in [5.41, 5.74) is 0.736. The molecule has 1 amide bonds. The molecule has 10 rings (SSSR count). The molecule has 406 valence electrons. The molecular weight excluding hydrogens is 1020 g/mol. The second kappa shape index (κ2) is 21.8. The van der Waals surface area contributed by atoms with E-state index < -0.39 is 57.8 Å². The Kier molecular flexibility index (Phi) is 15.1. The van der Waals surface area contributed by atoms with Crippen LogP contribution >= 0.6 is 0 Å². The van der Waals surface area contributed by atoms with Gasteiger partial charge in [-0.05, 0) is 182 Å². The fourth-order valence-corrected chi connectivity index (χ4v) is 12.1. The number of nitrogens with one attached hydrogen (secondary N) is 1. The molecule has 0 spiro atoms. The van der Waals surface area contributed by atoms with E-state index in [1.54, 1.807) is 48.5 Å². The summed E-state index contributed by atoms with van der Waals surface area (Å²) in [6, 6.07) is 37.6. The lowest BCUT2D eigenvalue weighted by atomic mass is 9.76. The van der Waals surface area contributed by atoms with Crippen LogP contribution in [0.2, 0.25) is 0 Å². The van der Waals surface area contributed by atoms with Crippen molar-refractivity contribution in [3.63, 3.8) is 0 Å². The first-order chi connectivity index (χ1) is 37.7. The minimum absolute atomic E-state index is 0.00677. The highest BCUT2D eigenvalue weighted by Crippen LogP contribution is 2.60. The number of fused-ring (bicyclic) bond motifs is 5. The predicted octanol–water partition coefficient (Wildman–Crippen LogP) is 18.8. The van der Waals surface area contributed by atoms with Crippen LogP contribution in [0.4, 0.5) is 40.8 Å². The normalized spacial score (nSPS) is 16.1. The minimum atomic E-state index is -5.24. The zero-order valence-corrected chi connectivity index (χ0v) is 44.1. The third kappa shape index (κ3) is 11.0. The third-order valence-electron chi connectivity index (χ3n) is 16.2. The lowest BCUT2D eigenvalue weighted by molar-refractivity contribution is -0.266. The van der Waals surface area contributed by atoms with E-state index in [0.29, 0.717) is 45.5 Å². The van der Waals surface area contributed by atoms with E-state index in [0.717, 1.165) is 17.0 Å². The molecule has 0 radical (unpaired) electrons. The summed E-state index contributed by atoms with van der Waals surface area (Å²) in [7, 11) is 1.37. The second-order valence-corrected chi connectivity index (χ2v) is 21.5. The Labute approximate surface area is 454 Å². The van der Waals surface area contributed by atoms with Gasteiger partial charge in [0.2, 0.25) is 0 Å². The van der Waals surface area contributed by atoms with E-state index in [1.165, 1.54) is 139 Å². The van der Waals surface area contributed by atoms with Gasteiger partial charge < -0.3 is 15.2 Å². The van der Waals surface area contributed by atoms with Crippen LogP contribution in [0.15, 0.2) is 152 Å². The molecular formula is C67H58F8NO3-. The molecule has 2 aliphatic carbocycles. The number of benzene rings is 8. The van der Waals surface area contributed by atoms with Crippen LogP contribution in [0.1, 0.15) is 139 Å². The Morgan fingerprint density at radius 1 is 0.684 bits per heavy atom. The number of ether oxygens (including phenoxy) is 1. The summed E-state index contributed by atoms with van der Waals surface area (Å²) < 4.78 is 124. The Morgan fingerprint density at radius 2 is 1.27 bits per heavy atom. The van der Waals surface area contributed by atoms with Gasteiger partial charge in [0.15, 0.2) is 0 Å². The maximum Gasteiger partial charge on any atom is 0.416 e. The number of hydrogen-bond donors (Lipinski definition) is 1. The van der Waals surface area contributed by atoms with Crippen LogP contribution in [0, 0.1) is 17.6 Å². The molecule has 0 unspecified atom stereocenters. The number of methoxy groups -OCH3 is 1. The van der Waals surface area contributed by atoms with Gasteiger partial charge in [-0.3, -0.25) is 4.79 Å². The average Bonchev–Trinajstić information content (AvgIpc) is 3.70. The molecule has 0 heterocycles. The SMILES string of the molecule is CCCCCC1CCC(c2ccc(-c3ccc(C(=O)Nc4ccc(-c5cc6c7c(c(/C=C\C(c8ccc(F)cc8)c8ccc(F)cc8)c([O-])c6cc5OC)C(C)(C)c5c-7cc(C(F)(F)F)cc5C(F)(F)F)cc4)cc3)cc2)CC1. The zero-order chi connectivity index (χ0) is 56.0. The Bertz CT molecular complexity index is 3510. The number of amides is 1. The summed E-state index contributed by atoms with van der Waals surface area (Å²) in [5.74, 6) is -1.17. The van der Waals surface area contributed by atoms with Crippen LogP contribution in [-0.4, -0.2) is 13.0 Å². The van der Waals surface area contributed by atoms with Crippen LogP contribution in [-0.2, 0) is 17.8 Å². The van der Waals surface area contributed by atoms with Crippen molar-refractivity contribution in [2.75, 3.05) is 12.4 Å². The fourth-order valence-electron chi connectivity index (χ4n) is 12.1. The molecule has 1 fully saturated rings. The summed E-state index contributed by atoms with van der Waals surface area (Å²) in [4.78, 5) is 13.6. The van der Waals surface area contributed by atoms with Crippen molar-refractivity contribution in [2.24, 2.45) is 5.92 Å². The molecule has 1 saturated carbocycles. The summed E-state index contributed by atoms with van der Waals surface area (Å²) in [6.07, 6.45) is 2.87. The maximum atomic E-state index is 15.2. The molecule has 1 N–H and O–H groups in total. The van der Waals surface area contributed by atoms with E-state index in [9.17, 15) is 26.7 Å². The number of rotatable bonds is 14. The van der Waals surface area contributed by atoms with Crippen molar-refractivity contribution < 1.29 is 49.8 Å². The van der Waals surface area contributed by atoms with Gasteiger partial charge in [0.05, 0.1) is 18.2 Å². The summed E-state index contributed by atoms with van der Waals surface area (Å²) in [5, 5.41) is 18.1. The second-order valence-electron chi connectivity index (χ2n) is 21.5. The molecule has 0 aromatic heterocycles. The van der Waals surface area contributed by atoms with Gasteiger partial charge >= 0.3 is 12.4 Å². The Morgan fingerprint density at radius 3 is 1.82 bits per heavy atom. The van der Waals surface area contributed by atoms with Crippen molar-refractivity contribution in [3.05, 3.63) is 213 Å². The largest absolute Gasteiger partial charge is 0.872 e. The van der Waals surface area contributed by atoms with Crippen LogP contribution < -0.4 is 15.2 Å². The van der Waals surface area contributed by atoms with Crippen molar-refractivity contribution in [1.82, 2.24) is 0 Å². The van der Waals surface area contributed by atoms with Crippen molar-refractivity contribution in [2.45, 2.75) is 102 Å². The van der Waals surface area contributed by atoms with Gasteiger partial charge in [-0.25, -0.2) is 8.78 Å². The first kappa shape index (κ1) is 54.6. The fraction of sp³-hybridized carbons (Fsp3) is 0.269. The highest BCUT2D eigenvalue weighted by molar-refractivity contribution is 6.10. The van der Waals surface area contributed by atoms with E-state index in [1.807, 2.05) is 12.1 Å². The van der Waals surface area contributed by atoms with Gasteiger partial charge in [0.1, 0.15) is 17.4 Å². The minimum Gasteiger partial charge on any atom is -0.872 e. The number of carbonyl (C=O) groups is 1. The van der Waals surface area contributed by atoms with Crippen LogP contribution in [0.3, 0.4) is 0 Å². The van der Waals surface area contributed by atoms with Crippen LogP contribution in [0.25, 0.3) is 50.2 Å². The van der Waals surface area contributed by atoms with Crippen molar-refractivity contribution >= 4 is 28.4 Å². The molecule has 4 nitrogen and oxygen atoms in total.